The third-order valence-corrected chi connectivity index (χ3v) is 20.5. The Labute approximate surface area is 559 Å². The molecule has 0 spiro atoms. The molecular weight excluding hydrogens is 1260 g/mol. The van der Waals surface area contributed by atoms with E-state index in [9.17, 15) is 47.4 Å². The van der Waals surface area contributed by atoms with E-state index in [2.05, 4.69) is 31.6 Å². The highest BCUT2D eigenvalue weighted by molar-refractivity contribution is 7.98. The van der Waals surface area contributed by atoms with Crippen LogP contribution in [0.4, 0.5) is 8.78 Å². The summed E-state index contributed by atoms with van der Waals surface area (Å²) in [6.07, 6.45) is 5.82. The standard InChI is InChI=1S/C70H84F2N10O11S2/c1-70-23-7-26-82(70)69(93)59(29-42-12-19-52(83)20-13-42)79-64(88)38-81-25-5-3-10-47(68(81)92)32-60(84)57(31-48-36-75-55-21-18-51(72)35-54(48)55)80-67(91)58(30-46-15-14-45-16-17-50(71)34-53(45)46)78-63(87)37-76-66(90)56(11-2-4-24-73)77-62(86)22-27-94-39-43-8-6-9-44(28-43)40-95-41-49(65(74)89)33-61(70)85/h6,8-9,12-13,15-21,28,34-36,47,49,56-59,75,83H,2-5,7,10-11,14,22-27,29-33,37-41,73H2,1H3,(H2,74,89)(H,76,90)(H,77,86)(H,78,87)(H,79,88)(H,80,91)/t47-,49+,56+,57+,58+,59+,70+/m1/s1. The minimum absolute atomic E-state index is 0.0286. The number of aromatic amines is 1. The number of primary amides is 1. The number of halogens is 2. The Balaban J connectivity index is 1.01. The average Bonchev–Trinajstić information content (AvgIpc) is 1.70. The summed E-state index contributed by atoms with van der Waals surface area (Å²) in [5.41, 5.74) is 15.6. The van der Waals surface area contributed by atoms with Gasteiger partial charge >= 0.3 is 0 Å². The van der Waals surface area contributed by atoms with E-state index in [0.29, 0.717) is 95.5 Å². The first-order valence-electron chi connectivity index (χ1n) is 32.5. The van der Waals surface area contributed by atoms with E-state index < -0.39 is 126 Å². The zero-order chi connectivity index (χ0) is 67.8. The maximum absolute atomic E-state index is 15.1. The minimum Gasteiger partial charge on any atom is -0.508 e. The van der Waals surface area contributed by atoms with Gasteiger partial charge in [0.2, 0.25) is 47.3 Å². The van der Waals surface area contributed by atoms with E-state index in [-0.39, 0.29) is 81.7 Å². The number of nitrogens with two attached hydrogens (primary N) is 2. The number of aromatic nitrogens is 1. The van der Waals surface area contributed by atoms with Gasteiger partial charge in [-0.25, -0.2) is 8.78 Å². The van der Waals surface area contributed by atoms with Crippen LogP contribution in [0.2, 0.25) is 0 Å². The quantitative estimate of drug-likeness (QED) is 0.0712. The third-order valence-electron chi connectivity index (χ3n) is 18.3. The molecule has 2 saturated heterocycles. The number of carbonyl (C=O) groups excluding carboxylic acids is 10. The summed E-state index contributed by atoms with van der Waals surface area (Å²) in [4.78, 5) is 149. The van der Waals surface area contributed by atoms with Crippen LogP contribution < -0.4 is 38.1 Å². The van der Waals surface area contributed by atoms with Gasteiger partial charge in [0.05, 0.1) is 30.6 Å². The Morgan fingerprint density at radius 3 is 2.23 bits per heavy atom. The fraction of sp³-hybridized carbons (Fsp3) is 0.457. The summed E-state index contributed by atoms with van der Waals surface area (Å²) in [7, 11) is 0. The number of ketones is 2. The van der Waals surface area contributed by atoms with Gasteiger partial charge in [-0.15, -0.1) is 0 Å². The molecule has 9 rings (SSSR count). The Morgan fingerprint density at radius 1 is 0.726 bits per heavy atom. The Hall–Kier alpha value is -8.42. The number of allylic oxidation sites excluding steroid dienone is 1. The highest BCUT2D eigenvalue weighted by atomic mass is 32.2. The van der Waals surface area contributed by atoms with Gasteiger partial charge in [0.25, 0.3) is 0 Å². The lowest BCUT2D eigenvalue weighted by molar-refractivity contribution is -0.146. The molecule has 8 amide bonds. The van der Waals surface area contributed by atoms with E-state index in [4.69, 9.17) is 11.5 Å². The minimum atomic E-state index is -1.44. The van der Waals surface area contributed by atoms with Crippen molar-refractivity contribution in [3.8, 4) is 5.75 Å². The molecule has 21 nitrogen and oxygen atoms in total. The molecule has 4 aromatic carbocycles. The van der Waals surface area contributed by atoms with Crippen molar-refractivity contribution in [3.05, 3.63) is 142 Å². The molecule has 2 fully saturated rings. The number of hydrogen-bond acceptors (Lipinski definition) is 14. The van der Waals surface area contributed by atoms with Gasteiger partial charge in [-0.2, -0.15) is 23.5 Å². The molecule has 506 valence electrons. The lowest BCUT2D eigenvalue weighted by Gasteiger charge is -2.37. The molecule has 0 radical (unpaired) electrons. The van der Waals surface area contributed by atoms with Gasteiger partial charge in [0, 0.05) is 97.6 Å². The van der Waals surface area contributed by atoms with Gasteiger partial charge < -0.3 is 57.9 Å². The van der Waals surface area contributed by atoms with E-state index in [1.54, 1.807) is 37.4 Å². The molecule has 7 atom stereocenters. The first-order valence-corrected chi connectivity index (χ1v) is 34.8. The second kappa shape index (κ2) is 33.3. The van der Waals surface area contributed by atoms with Crippen LogP contribution in [-0.2, 0) is 78.7 Å². The van der Waals surface area contributed by atoms with Crippen molar-refractivity contribution in [1.82, 2.24) is 41.4 Å². The number of nitrogens with one attached hydrogen (secondary N) is 6. The molecule has 0 unspecified atom stereocenters. The zero-order valence-electron chi connectivity index (χ0n) is 53.3. The molecule has 3 aliphatic heterocycles. The van der Waals surface area contributed by atoms with Crippen molar-refractivity contribution < 1.29 is 61.8 Å². The van der Waals surface area contributed by atoms with Crippen molar-refractivity contribution in [2.24, 2.45) is 23.3 Å². The number of phenols is 1. The second-order valence-corrected chi connectivity index (χ2v) is 27.4. The molecule has 1 aliphatic carbocycles. The fourth-order valence-electron chi connectivity index (χ4n) is 13.0. The van der Waals surface area contributed by atoms with Crippen LogP contribution in [0.1, 0.15) is 117 Å². The predicted octanol–water partition coefficient (Wildman–Crippen LogP) is 5.75. The second-order valence-electron chi connectivity index (χ2n) is 25.3. The van der Waals surface area contributed by atoms with Crippen molar-refractivity contribution in [3.63, 3.8) is 0 Å². The van der Waals surface area contributed by atoms with Gasteiger partial charge in [0.1, 0.15) is 35.5 Å². The largest absolute Gasteiger partial charge is 0.508 e. The van der Waals surface area contributed by atoms with E-state index >= 15 is 14.4 Å². The van der Waals surface area contributed by atoms with Crippen LogP contribution in [0.15, 0.2) is 97.2 Å². The number of H-pyrrole nitrogens is 1. The summed E-state index contributed by atoms with van der Waals surface area (Å²) < 4.78 is 29.7. The Kier molecular flexibility index (Phi) is 24.9. The van der Waals surface area contributed by atoms with Crippen molar-refractivity contribution in [1.29, 1.82) is 0 Å². The van der Waals surface area contributed by atoms with Crippen LogP contribution in [0.25, 0.3) is 16.5 Å². The van der Waals surface area contributed by atoms with Gasteiger partial charge in [0.15, 0.2) is 11.6 Å². The number of amides is 8. The number of thioether (sulfide) groups is 2. The first kappa shape index (κ1) is 70.9. The van der Waals surface area contributed by atoms with Crippen molar-refractivity contribution in [2.75, 3.05) is 44.2 Å². The number of unbranched alkanes of at least 4 members (excludes halogenated alkanes) is 1. The summed E-state index contributed by atoms with van der Waals surface area (Å²) in [5, 5.41) is 24.4. The number of benzene rings is 4. The van der Waals surface area contributed by atoms with Crippen molar-refractivity contribution in [2.45, 2.75) is 144 Å². The lowest BCUT2D eigenvalue weighted by atomic mass is 9.86. The van der Waals surface area contributed by atoms with Crippen LogP contribution in [0.5, 0.6) is 5.75 Å². The Morgan fingerprint density at radius 2 is 1.46 bits per heavy atom. The van der Waals surface area contributed by atoms with Crippen molar-refractivity contribution >= 4 is 98.8 Å². The molecule has 4 aliphatic rings. The average molecular weight is 1340 g/mol. The molecule has 25 heteroatoms. The van der Waals surface area contributed by atoms with Crippen LogP contribution in [0.3, 0.4) is 0 Å². The lowest BCUT2D eigenvalue weighted by Crippen LogP contribution is -2.58. The summed E-state index contributed by atoms with van der Waals surface area (Å²) in [5.74, 6) is -7.52. The van der Waals surface area contributed by atoms with E-state index in [1.807, 2.05) is 24.3 Å². The number of rotatable bonds is 11. The number of fused-ring (bicyclic) bond motifs is 7. The molecule has 4 heterocycles. The normalized spacial score (nSPS) is 24.1. The number of nitrogens with zero attached hydrogens (tertiary/aromatic N) is 2. The molecule has 1 aromatic heterocycles. The zero-order valence-corrected chi connectivity index (χ0v) is 55.0. The number of aromatic hydroxyl groups is 1. The molecule has 95 heavy (non-hydrogen) atoms. The summed E-state index contributed by atoms with van der Waals surface area (Å²) in [6, 6.07) is 17.1. The topological polar surface area (TPSA) is 325 Å². The molecule has 4 bridgehead atoms. The molecule has 0 saturated carbocycles. The fourth-order valence-corrected chi connectivity index (χ4v) is 15.0. The number of phenolic OH excluding ortho intramolecular Hbond substituents is 1. The van der Waals surface area contributed by atoms with Gasteiger partial charge in [-0.3, -0.25) is 47.9 Å². The maximum Gasteiger partial charge on any atom is 0.246 e. The van der Waals surface area contributed by atoms with E-state index in [1.165, 1.54) is 75.8 Å². The van der Waals surface area contributed by atoms with Crippen LogP contribution in [-0.4, -0.2) is 153 Å². The predicted molar refractivity (Wildman–Crippen MR) is 359 cm³/mol. The number of Topliss-reactive ketones (excluding diaryl/α,β-unsaturated/α-hetero) is 2. The van der Waals surface area contributed by atoms with Crippen LogP contribution >= 0.6 is 23.5 Å². The number of hydrogen-bond donors (Lipinski definition) is 9. The highest BCUT2D eigenvalue weighted by Crippen LogP contribution is 2.35. The highest BCUT2D eigenvalue weighted by Gasteiger charge is 2.48. The summed E-state index contributed by atoms with van der Waals surface area (Å²) >= 11 is 2.94. The maximum atomic E-state index is 15.1. The Bertz CT molecular complexity index is 3700. The van der Waals surface area contributed by atoms with Gasteiger partial charge in [-0.05, 0) is 146 Å². The van der Waals surface area contributed by atoms with E-state index in [0.717, 1.165) is 16.7 Å². The smallest absolute Gasteiger partial charge is 0.246 e. The summed E-state index contributed by atoms with van der Waals surface area (Å²) in [6.45, 7) is 1.12. The molecular formula is C70H84F2N10O11S2. The first-order chi connectivity index (χ1) is 45.6. The number of carbonyl (C=O) groups is 10. The monoisotopic (exact) mass is 1340 g/mol. The third kappa shape index (κ3) is 19.2. The SMILES string of the molecule is C[C@@]12CCCN1C(=O)[C@H](Cc1ccc(O)cc1)NC(=O)CN1CCCC[C@H](CC(=O)[C@H](Cc3c[nH]c4ccc(F)cc34)NC(=O)[C@H](CC3=CCc4ccc(F)cc43)NC(=O)CNC(=O)[C@H](CCCCN)NC(=O)CCSCc3cccc(c3)CSC[C@@H](C(N)=O)CC2=O)C1=O. The van der Waals surface area contributed by atoms with Crippen LogP contribution in [0, 0.1) is 23.5 Å². The molecule has 5 aromatic rings. The molecule has 11 N–H and O–H groups in total. The van der Waals surface area contributed by atoms with Gasteiger partial charge in [-0.1, -0.05) is 55.0 Å².